The van der Waals surface area contributed by atoms with E-state index in [0.29, 0.717) is 0 Å². The number of amides is 1. The Morgan fingerprint density at radius 3 is 3.06 bits per heavy atom. The molecule has 0 saturated heterocycles. The number of rotatable bonds is 3. The maximum absolute atomic E-state index is 12.0. The molecule has 2 rings (SSSR count). The summed E-state index contributed by atoms with van der Waals surface area (Å²) in [5, 5.41) is 3.62. The van der Waals surface area contributed by atoms with Crippen LogP contribution >= 0.6 is 23.1 Å². The lowest BCUT2D eigenvalue weighted by Crippen LogP contribution is -2.26. The molecule has 0 aromatic carbocycles. The number of thiophene rings is 1. The number of nitrogens with one attached hydrogen (secondary N) is 1. The molecule has 0 unspecified atom stereocenters. The van der Waals surface area contributed by atoms with E-state index < -0.39 is 0 Å². The first kappa shape index (κ1) is 12.6. The summed E-state index contributed by atoms with van der Waals surface area (Å²) in [5.74, 6) is 0.953. The predicted molar refractivity (Wildman–Crippen MR) is 75.3 cm³/mol. The first-order chi connectivity index (χ1) is 8.20. The largest absolute Gasteiger partial charge is 0.301 e. The van der Waals surface area contributed by atoms with Gasteiger partial charge in [-0.25, -0.2) is 0 Å². The van der Waals surface area contributed by atoms with E-state index in [1.165, 1.54) is 10.4 Å². The van der Waals surface area contributed by atoms with Crippen molar-refractivity contribution >= 4 is 34.2 Å². The third-order valence-corrected chi connectivity index (χ3v) is 4.55. The summed E-state index contributed by atoms with van der Waals surface area (Å²) < 4.78 is 0. The fraction of sp³-hybridized carbons (Fsp3) is 0.500. The fourth-order valence-electron chi connectivity index (χ4n) is 1.72. The van der Waals surface area contributed by atoms with Crippen molar-refractivity contribution in [1.29, 1.82) is 0 Å². The Hall–Kier alpha value is -0.810. The van der Waals surface area contributed by atoms with Crippen molar-refractivity contribution in [3.8, 4) is 0 Å². The molecule has 1 amide bonds. The maximum atomic E-state index is 12.0. The number of aryl methyl sites for hydroxylation is 2. The molecule has 2 heterocycles. The molecule has 3 nitrogen and oxygen atoms in total. The molecule has 1 aliphatic heterocycles. The van der Waals surface area contributed by atoms with E-state index >= 15 is 0 Å². The zero-order valence-corrected chi connectivity index (χ0v) is 11.7. The van der Waals surface area contributed by atoms with Crippen LogP contribution in [-0.2, 0) is 6.42 Å². The van der Waals surface area contributed by atoms with Crippen molar-refractivity contribution < 1.29 is 4.79 Å². The molecule has 0 spiro atoms. The summed E-state index contributed by atoms with van der Waals surface area (Å²) in [6.45, 7) is 5.04. The monoisotopic (exact) mass is 268 g/mol. The zero-order valence-electron chi connectivity index (χ0n) is 10.1. The highest BCUT2D eigenvalue weighted by atomic mass is 32.2. The van der Waals surface area contributed by atoms with E-state index in [4.69, 9.17) is 0 Å². The third kappa shape index (κ3) is 3.10. The molecule has 17 heavy (non-hydrogen) atoms. The zero-order chi connectivity index (χ0) is 12.3. The highest BCUT2D eigenvalue weighted by Gasteiger charge is 2.15. The van der Waals surface area contributed by atoms with Gasteiger partial charge in [0.05, 0.1) is 11.4 Å². The molecule has 0 radical (unpaired) electrons. The predicted octanol–water partition coefficient (Wildman–Crippen LogP) is 2.84. The lowest BCUT2D eigenvalue weighted by atomic mass is 10.1. The average Bonchev–Trinajstić information content (AvgIpc) is 2.90. The van der Waals surface area contributed by atoms with Crippen LogP contribution in [0.1, 0.15) is 33.5 Å². The highest BCUT2D eigenvalue weighted by Crippen LogP contribution is 2.23. The molecular formula is C12H16N2OS2. The second-order valence-electron chi connectivity index (χ2n) is 3.93. The van der Waals surface area contributed by atoms with Crippen LogP contribution in [0.2, 0.25) is 0 Å². The molecule has 1 aliphatic rings. The molecule has 5 heteroatoms. The lowest BCUT2D eigenvalue weighted by molar-refractivity contribution is 0.0982. The Bertz CT molecular complexity index is 451. The number of amidine groups is 1. The van der Waals surface area contributed by atoms with Crippen LogP contribution < -0.4 is 5.32 Å². The minimum Gasteiger partial charge on any atom is -0.301 e. The van der Waals surface area contributed by atoms with Gasteiger partial charge >= 0.3 is 0 Å². The molecule has 0 atom stereocenters. The first-order valence-corrected chi connectivity index (χ1v) is 7.59. The van der Waals surface area contributed by atoms with Crippen molar-refractivity contribution in [1.82, 2.24) is 5.32 Å². The van der Waals surface area contributed by atoms with Crippen LogP contribution in [0.25, 0.3) is 0 Å². The van der Waals surface area contributed by atoms with Crippen molar-refractivity contribution in [3.63, 3.8) is 0 Å². The van der Waals surface area contributed by atoms with Crippen LogP contribution in [0.5, 0.6) is 0 Å². The summed E-state index contributed by atoms with van der Waals surface area (Å²) in [6, 6.07) is 2.01. The van der Waals surface area contributed by atoms with Gasteiger partial charge in [0.15, 0.2) is 5.17 Å². The van der Waals surface area contributed by atoms with Gasteiger partial charge in [-0.3, -0.25) is 9.79 Å². The standard InChI is InChI=1S/C12H16N2OS2/c1-3-4-9-7-10(17-8(9)2)11(15)14-12-13-5-6-16-12/h7H,3-6H2,1-2H3,(H,13,14,15). The van der Waals surface area contributed by atoms with Gasteiger partial charge in [0.25, 0.3) is 5.91 Å². The number of nitrogens with zero attached hydrogens (tertiary/aromatic N) is 1. The molecule has 0 aliphatic carbocycles. The Balaban J connectivity index is 2.05. The van der Waals surface area contributed by atoms with Gasteiger partial charge in [0.2, 0.25) is 0 Å². The number of thioether (sulfide) groups is 1. The topological polar surface area (TPSA) is 41.5 Å². The van der Waals surface area contributed by atoms with E-state index in [9.17, 15) is 4.79 Å². The van der Waals surface area contributed by atoms with Gasteiger partial charge in [-0.15, -0.1) is 11.3 Å². The van der Waals surface area contributed by atoms with Crippen molar-refractivity contribution in [2.75, 3.05) is 12.3 Å². The van der Waals surface area contributed by atoms with Crippen molar-refractivity contribution in [2.24, 2.45) is 4.99 Å². The molecular weight excluding hydrogens is 252 g/mol. The average molecular weight is 268 g/mol. The summed E-state index contributed by atoms with van der Waals surface area (Å²) in [6.07, 6.45) is 2.16. The van der Waals surface area contributed by atoms with Crippen LogP contribution in [0, 0.1) is 6.92 Å². The van der Waals surface area contributed by atoms with Crippen LogP contribution in [0.3, 0.4) is 0 Å². The normalized spacial score (nSPS) is 14.8. The maximum Gasteiger partial charge on any atom is 0.267 e. The molecule has 92 valence electrons. The summed E-state index contributed by atoms with van der Waals surface area (Å²) >= 11 is 3.18. The van der Waals surface area contributed by atoms with Gasteiger partial charge in [0.1, 0.15) is 0 Å². The molecule has 1 aromatic rings. The van der Waals surface area contributed by atoms with Gasteiger partial charge in [-0.05, 0) is 25.0 Å². The number of carbonyl (C=O) groups is 1. The summed E-state index contributed by atoms with van der Waals surface area (Å²) in [5.41, 5.74) is 1.30. The third-order valence-electron chi connectivity index (χ3n) is 2.57. The molecule has 1 aromatic heterocycles. The Labute approximate surface area is 110 Å². The number of aliphatic imine (C=N–C) groups is 1. The van der Waals surface area contributed by atoms with E-state index in [-0.39, 0.29) is 5.91 Å². The Morgan fingerprint density at radius 2 is 2.41 bits per heavy atom. The smallest absolute Gasteiger partial charge is 0.267 e. The van der Waals surface area contributed by atoms with Gasteiger partial charge in [-0.1, -0.05) is 25.1 Å². The summed E-state index contributed by atoms with van der Waals surface area (Å²) in [7, 11) is 0. The van der Waals surface area contributed by atoms with Crippen LogP contribution in [0.4, 0.5) is 0 Å². The van der Waals surface area contributed by atoms with E-state index in [0.717, 1.165) is 35.2 Å². The van der Waals surface area contributed by atoms with Gasteiger partial charge in [-0.2, -0.15) is 0 Å². The molecule has 1 N–H and O–H groups in total. The highest BCUT2D eigenvalue weighted by molar-refractivity contribution is 8.14. The van der Waals surface area contributed by atoms with E-state index in [1.54, 1.807) is 23.1 Å². The number of carbonyl (C=O) groups excluding carboxylic acids is 1. The first-order valence-electron chi connectivity index (χ1n) is 5.78. The second kappa shape index (κ2) is 5.69. The molecule has 0 bridgehead atoms. The van der Waals surface area contributed by atoms with Crippen molar-refractivity contribution in [3.05, 3.63) is 21.4 Å². The van der Waals surface area contributed by atoms with Crippen molar-refractivity contribution in [2.45, 2.75) is 26.7 Å². The minimum absolute atomic E-state index is 0.0198. The molecule has 0 saturated carbocycles. The number of hydrogen-bond donors (Lipinski definition) is 1. The van der Waals surface area contributed by atoms with Crippen LogP contribution in [-0.4, -0.2) is 23.4 Å². The summed E-state index contributed by atoms with van der Waals surface area (Å²) in [4.78, 5) is 18.2. The SMILES string of the molecule is CCCc1cc(C(=O)NC2=NCCS2)sc1C. The minimum atomic E-state index is -0.0198. The lowest BCUT2D eigenvalue weighted by Gasteiger charge is -2.00. The fourth-order valence-corrected chi connectivity index (χ4v) is 3.41. The Morgan fingerprint density at radius 1 is 1.59 bits per heavy atom. The molecule has 0 fully saturated rings. The quantitative estimate of drug-likeness (QED) is 0.916. The second-order valence-corrected chi connectivity index (χ2v) is 6.27. The Kier molecular flexibility index (Phi) is 4.23. The van der Waals surface area contributed by atoms with E-state index in [1.807, 2.05) is 6.07 Å². The number of hydrogen-bond acceptors (Lipinski definition) is 4. The van der Waals surface area contributed by atoms with Crippen LogP contribution in [0.15, 0.2) is 11.1 Å². The van der Waals surface area contributed by atoms with Gasteiger partial charge in [0, 0.05) is 10.6 Å². The van der Waals surface area contributed by atoms with E-state index in [2.05, 4.69) is 24.2 Å². The van der Waals surface area contributed by atoms with Gasteiger partial charge < -0.3 is 5.32 Å².